The summed E-state index contributed by atoms with van der Waals surface area (Å²) < 4.78 is 18.0. The Kier molecular flexibility index (Phi) is 10.4. The number of nitrogens with zero attached hydrogens (tertiary/aromatic N) is 1. The van der Waals surface area contributed by atoms with Crippen LogP contribution >= 0.6 is 23.2 Å². The summed E-state index contributed by atoms with van der Waals surface area (Å²) >= 11 is 12.2. The smallest absolute Gasteiger partial charge is 0.342 e. The van der Waals surface area contributed by atoms with Gasteiger partial charge in [0.15, 0.2) is 0 Å². The molecule has 1 atom stereocenters. The van der Waals surface area contributed by atoms with Crippen LogP contribution in [0.25, 0.3) is 5.57 Å². The Morgan fingerprint density at radius 3 is 2.27 bits per heavy atom. The zero-order valence-corrected chi connectivity index (χ0v) is 24.0. The molecule has 1 aliphatic rings. The lowest BCUT2D eigenvalue weighted by atomic mass is 9.93. The highest BCUT2D eigenvalue weighted by molar-refractivity contribution is 6.35. The van der Waals surface area contributed by atoms with Crippen molar-refractivity contribution in [1.29, 1.82) is 0 Å². The first-order valence-electron chi connectivity index (χ1n) is 13.2. The number of hydrogen-bond donors (Lipinski definition) is 2. The van der Waals surface area contributed by atoms with Crippen LogP contribution in [-0.2, 0) is 16.1 Å². The number of rotatable bonds is 9. The second-order valence-electron chi connectivity index (χ2n) is 9.59. The number of urea groups is 1. The van der Waals surface area contributed by atoms with E-state index in [-0.39, 0.29) is 12.1 Å². The molecule has 3 amide bonds. The van der Waals surface area contributed by atoms with E-state index in [2.05, 4.69) is 21.4 Å². The number of carbonyl (C=O) groups excluding carboxylic acids is 3. The first-order valence-corrected chi connectivity index (χ1v) is 13.9. The molecule has 1 aliphatic carbocycles. The number of methoxy groups -OCH3 is 1. The lowest BCUT2D eigenvalue weighted by Crippen LogP contribution is -2.35. The van der Waals surface area contributed by atoms with Gasteiger partial charge in [0.2, 0.25) is 6.17 Å². The van der Waals surface area contributed by atoms with Gasteiger partial charge in [-0.1, -0.05) is 53.5 Å². The van der Waals surface area contributed by atoms with Crippen molar-refractivity contribution in [3.05, 3.63) is 99.5 Å². The third kappa shape index (κ3) is 8.31. The molecule has 3 aromatic carbocycles. The standard InChI is InChI=1S/C31H30Cl2FN3O4/c1-41-30(39)28(34)18-35-29(38)23-9-7-20(8-10-23)19-37(31(40)36-26-16-24(32)15-25(33)17-26)27-13-11-22(12-14-27)21-5-3-2-4-6-21/h5,7-17,28H,2-4,6,18-19H2,1H3,(H,35,38)(H,36,40)/t28-/m0/s1. The van der Waals surface area contributed by atoms with Crippen LogP contribution in [0.5, 0.6) is 0 Å². The Morgan fingerprint density at radius 1 is 0.976 bits per heavy atom. The van der Waals surface area contributed by atoms with Crippen molar-refractivity contribution in [3.63, 3.8) is 0 Å². The summed E-state index contributed by atoms with van der Waals surface area (Å²) in [4.78, 5) is 38.7. The Labute approximate surface area is 248 Å². The minimum absolute atomic E-state index is 0.193. The quantitative estimate of drug-likeness (QED) is 0.251. The first kappa shape index (κ1) is 30.1. The third-order valence-corrected chi connectivity index (χ3v) is 7.09. The summed E-state index contributed by atoms with van der Waals surface area (Å²) in [5.74, 6) is -1.59. The minimum Gasteiger partial charge on any atom is -0.467 e. The number of allylic oxidation sites excluding steroid dienone is 2. The van der Waals surface area contributed by atoms with E-state index in [0.29, 0.717) is 21.4 Å². The van der Waals surface area contributed by atoms with E-state index in [9.17, 15) is 18.8 Å². The predicted octanol–water partition coefficient (Wildman–Crippen LogP) is 7.43. The fourth-order valence-electron chi connectivity index (χ4n) is 4.49. The molecule has 0 bridgehead atoms. The van der Waals surface area contributed by atoms with Crippen molar-refractivity contribution < 1.29 is 23.5 Å². The van der Waals surface area contributed by atoms with Crippen LogP contribution < -0.4 is 15.5 Å². The Balaban J connectivity index is 1.52. The molecule has 0 heterocycles. The number of amides is 3. The molecule has 2 N–H and O–H groups in total. The fraction of sp³-hybridized carbons (Fsp3) is 0.258. The number of nitrogens with one attached hydrogen (secondary N) is 2. The van der Waals surface area contributed by atoms with Gasteiger partial charge in [-0.25, -0.2) is 14.0 Å². The SMILES string of the molecule is COC(=O)[C@@H](F)CNC(=O)c1ccc(CN(C(=O)Nc2cc(Cl)cc(Cl)c2)c2ccc(C3=CCCCC3)cc2)cc1. The van der Waals surface area contributed by atoms with E-state index in [1.807, 2.05) is 24.3 Å². The third-order valence-electron chi connectivity index (χ3n) is 6.66. The maximum atomic E-state index is 13.7. The molecule has 41 heavy (non-hydrogen) atoms. The molecule has 0 fully saturated rings. The second-order valence-corrected chi connectivity index (χ2v) is 10.5. The van der Waals surface area contributed by atoms with Crippen LogP contribution in [-0.4, -0.2) is 37.7 Å². The molecule has 0 aromatic heterocycles. The van der Waals surface area contributed by atoms with E-state index in [0.717, 1.165) is 37.5 Å². The Morgan fingerprint density at radius 2 is 1.66 bits per heavy atom. The number of hydrogen-bond acceptors (Lipinski definition) is 4. The number of benzene rings is 3. The van der Waals surface area contributed by atoms with E-state index in [1.54, 1.807) is 47.4 Å². The summed E-state index contributed by atoms with van der Waals surface area (Å²) in [6, 6.07) is 18.8. The molecule has 214 valence electrons. The van der Waals surface area contributed by atoms with Gasteiger partial charge in [-0.05, 0) is 84.8 Å². The van der Waals surface area contributed by atoms with Gasteiger partial charge in [-0.15, -0.1) is 0 Å². The van der Waals surface area contributed by atoms with Crippen LogP contribution in [0.4, 0.5) is 20.6 Å². The minimum atomic E-state index is -1.95. The second kappa shape index (κ2) is 14.1. The number of anilines is 2. The van der Waals surface area contributed by atoms with Gasteiger partial charge in [0.25, 0.3) is 5.91 Å². The molecule has 0 saturated heterocycles. The zero-order chi connectivity index (χ0) is 29.4. The summed E-state index contributed by atoms with van der Waals surface area (Å²) in [5.41, 5.74) is 4.60. The number of esters is 1. The van der Waals surface area contributed by atoms with Crippen LogP contribution in [0, 0.1) is 0 Å². The summed E-state index contributed by atoms with van der Waals surface area (Å²) in [6.45, 7) is -0.305. The normalized spacial score (nSPS) is 13.5. The van der Waals surface area contributed by atoms with Crippen molar-refractivity contribution in [2.24, 2.45) is 0 Å². The Bertz CT molecular complexity index is 1410. The summed E-state index contributed by atoms with van der Waals surface area (Å²) in [5, 5.41) is 6.02. The lowest BCUT2D eigenvalue weighted by Gasteiger charge is -2.24. The van der Waals surface area contributed by atoms with E-state index in [4.69, 9.17) is 23.2 Å². The van der Waals surface area contributed by atoms with Crippen LogP contribution in [0.15, 0.2) is 72.8 Å². The van der Waals surface area contributed by atoms with Gasteiger partial charge in [0, 0.05) is 27.0 Å². The molecule has 0 aliphatic heterocycles. The zero-order valence-electron chi connectivity index (χ0n) is 22.5. The summed E-state index contributed by atoms with van der Waals surface area (Å²) in [7, 11) is 1.08. The molecule has 0 unspecified atom stereocenters. The number of ether oxygens (including phenoxy) is 1. The Hall–Kier alpha value is -3.88. The van der Waals surface area contributed by atoms with Gasteiger partial charge < -0.3 is 15.4 Å². The average molecular weight is 599 g/mol. The average Bonchev–Trinajstić information content (AvgIpc) is 2.98. The van der Waals surface area contributed by atoms with Crippen molar-refractivity contribution in [2.75, 3.05) is 23.9 Å². The largest absolute Gasteiger partial charge is 0.467 e. The van der Waals surface area contributed by atoms with Crippen molar-refractivity contribution in [3.8, 4) is 0 Å². The lowest BCUT2D eigenvalue weighted by molar-refractivity contribution is -0.146. The topological polar surface area (TPSA) is 87.7 Å². The van der Waals surface area contributed by atoms with E-state index >= 15 is 0 Å². The highest BCUT2D eigenvalue weighted by atomic mass is 35.5. The maximum Gasteiger partial charge on any atom is 0.342 e. The van der Waals surface area contributed by atoms with Crippen molar-refractivity contribution >= 4 is 58.1 Å². The van der Waals surface area contributed by atoms with Crippen molar-refractivity contribution in [1.82, 2.24) is 5.32 Å². The molecule has 7 nitrogen and oxygen atoms in total. The van der Waals surface area contributed by atoms with E-state index in [1.165, 1.54) is 12.0 Å². The number of halogens is 3. The van der Waals surface area contributed by atoms with Gasteiger partial charge in [-0.2, -0.15) is 0 Å². The fourth-order valence-corrected chi connectivity index (χ4v) is 5.02. The van der Waals surface area contributed by atoms with Crippen LogP contribution in [0.3, 0.4) is 0 Å². The molecule has 0 saturated carbocycles. The highest BCUT2D eigenvalue weighted by Crippen LogP contribution is 2.29. The first-order chi connectivity index (χ1) is 19.7. The number of alkyl halides is 1. The predicted molar refractivity (Wildman–Crippen MR) is 160 cm³/mol. The van der Waals surface area contributed by atoms with Gasteiger partial charge in [0.05, 0.1) is 20.2 Å². The molecular formula is C31H30Cl2FN3O4. The van der Waals surface area contributed by atoms with Gasteiger partial charge in [0.1, 0.15) is 0 Å². The molecule has 10 heteroatoms. The molecule has 0 radical (unpaired) electrons. The monoisotopic (exact) mass is 597 g/mol. The van der Waals surface area contributed by atoms with Crippen LogP contribution in [0.1, 0.15) is 47.2 Å². The summed E-state index contributed by atoms with van der Waals surface area (Å²) in [6.07, 6.45) is 4.79. The molecule has 3 aromatic rings. The van der Waals surface area contributed by atoms with Gasteiger partial charge >= 0.3 is 12.0 Å². The van der Waals surface area contributed by atoms with Crippen molar-refractivity contribution in [2.45, 2.75) is 38.4 Å². The van der Waals surface area contributed by atoms with Gasteiger partial charge in [-0.3, -0.25) is 9.69 Å². The highest BCUT2D eigenvalue weighted by Gasteiger charge is 2.20. The van der Waals surface area contributed by atoms with E-state index < -0.39 is 30.6 Å². The molecular weight excluding hydrogens is 568 g/mol. The molecule has 4 rings (SSSR count). The molecule has 0 spiro atoms. The van der Waals surface area contributed by atoms with Crippen LogP contribution in [0.2, 0.25) is 10.0 Å². The maximum absolute atomic E-state index is 13.7. The number of carbonyl (C=O) groups is 3.